The van der Waals surface area contributed by atoms with Gasteiger partial charge in [-0.25, -0.2) is 17.8 Å². The number of halogens is 1. The largest absolute Gasteiger partial charge is 0.353 e. The third-order valence-electron chi connectivity index (χ3n) is 5.11. The molecular weight excluding hydrogens is 431 g/mol. The Balaban J connectivity index is 1.78. The van der Waals surface area contributed by atoms with Crippen LogP contribution in [0.5, 0.6) is 0 Å². The van der Waals surface area contributed by atoms with Crippen LogP contribution in [0.1, 0.15) is 15.9 Å². The van der Waals surface area contributed by atoms with Gasteiger partial charge in [0.15, 0.2) is 0 Å². The van der Waals surface area contributed by atoms with Crippen LogP contribution in [0.25, 0.3) is 0 Å². The van der Waals surface area contributed by atoms with Crippen LogP contribution in [-0.2, 0) is 10.0 Å². The molecule has 32 heavy (non-hydrogen) atoms. The SMILES string of the molecule is C=C/C=C(/NS(=O)(=O)c1ccc(C)c(C(=O)N2CCN(c3ccccn3)CC2)c1)C(=C)F. The Morgan fingerprint density at radius 3 is 2.50 bits per heavy atom. The molecule has 1 amide bonds. The van der Waals surface area contributed by atoms with Crippen molar-refractivity contribution in [1.29, 1.82) is 0 Å². The minimum atomic E-state index is -4.13. The highest BCUT2D eigenvalue weighted by atomic mass is 32.2. The van der Waals surface area contributed by atoms with Gasteiger partial charge in [0.2, 0.25) is 0 Å². The van der Waals surface area contributed by atoms with Gasteiger partial charge in [0.05, 0.1) is 10.6 Å². The third kappa shape index (κ3) is 5.23. The summed E-state index contributed by atoms with van der Waals surface area (Å²) in [6.45, 7) is 10.5. The minimum Gasteiger partial charge on any atom is -0.353 e. The summed E-state index contributed by atoms with van der Waals surface area (Å²) in [5, 5.41) is 0. The molecule has 9 heteroatoms. The lowest BCUT2D eigenvalue weighted by atomic mass is 10.1. The summed E-state index contributed by atoms with van der Waals surface area (Å²) < 4.78 is 41.2. The number of piperazine rings is 1. The zero-order chi connectivity index (χ0) is 23.3. The maximum atomic E-state index is 13.6. The molecule has 0 aliphatic carbocycles. The molecule has 1 aliphatic rings. The number of benzene rings is 1. The standard InChI is InChI=1S/C23H25FN4O3S/c1-4-7-21(18(3)24)26-32(30,31)19-10-9-17(2)20(16-19)23(29)28-14-12-27(13-15-28)22-8-5-6-11-25-22/h4-11,16,26H,1,3,12-15H2,2H3/b21-7+. The zero-order valence-corrected chi connectivity index (χ0v) is 18.6. The molecule has 2 aromatic rings. The summed E-state index contributed by atoms with van der Waals surface area (Å²) in [6.07, 6.45) is 4.14. The van der Waals surface area contributed by atoms with E-state index < -0.39 is 15.9 Å². The lowest BCUT2D eigenvalue weighted by Gasteiger charge is -2.35. The maximum absolute atomic E-state index is 13.6. The average Bonchev–Trinajstić information content (AvgIpc) is 2.79. The van der Waals surface area contributed by atoms with Gasteiger partial charge in [-0.3, -0.25) is 9.52 Å². The number of carbonyl (C=O) groups is 1. The van der Waals surface area contributed by atoms with Crippen molar-refractivity contribution in [2.75, 3.05) is 31.1 Å². The molecule has 0 radical (unpaired) electrons. The van der Waals surface area contributed by atoms with E-state index in [1.807, 2.05) is 18.2 Å². The van der Waals surface area contributed by atoms with E-state index in [0.29, 0.717) is 31.7 Å². The fraction of sp³-hybridized carbons (Fsp3) is 0.217. The van der Waals surface area contributed by atoms with Crippen molar-refractivity contribution in [3.63, 3.8) is 0 Å². The molecule has 3 rings (SSSR count). The van der Waals surface area contributed by atoms with Gasteiger partial charge in [0.25, 0.3) is 15.9 Å². The molecule has 168 valence electrons. The van der Waals surface area contributed by atoms with E-state index in [4.69, 9.17) is 0 Å². The molecule has 1 fully saturated rings. The summed E-state index contributed by atoms with van der Waals surface area (Å²) in [5.41, 5.74) is 0.615. The first-order valence-corrected chi connectivity index (χ1v) is 11.5. The van der Waals surface area contributed by atoms with Crippen molar-refractivity contribution in [3.05, 3.63) is 90.6 Å². The molecule has 2 heterocycles. The highest BCUT2D eigenvalue weighted by Crippen LogP contribution is 2.21. The van der Waals surface area contributed by atoms with Crippen molar-refractivity contribution in [2.45, 2.75) is 11.8 Å². The highest BCUT2D eigenvalue weighted by molar-refractivity contribution is 7.89. The minimum absolute atomic E-state index is 0.144. The summed E-state index contributed by atoms with van der Waals surface area (Å²) in [6, 6.07) is 9.94. The van der Waals surface area contributed by atoms with Crippen molar-refractivity contribution < 1.29 is 17.6 Å². The topological polar surface area (TPSA) is 82.6 Å². The number of allylic oxidation sites excluding steroid dienone is 3. The number of hydrogen-bond donors (Lipinski definition) is 1. The van der Waals surface area contributed by atoms with Crippen molar-refractivity contribution in [3.8, 4) is 0 Å². The van der Waals surface area contributed by atoms with Crippen LogP contribution in [0.3, 0.4) is 0 Å². The van der Waals surface area contributed by atoms with Crippen LogP contribution < -0.4 is 9.62 Å². The molecule has 0 atom stereocenters. The quantitative estimate of drug-likeness (QED) is 0.647. The first-order chi connectivity index (χ1) is 15.2. The Labute approximate surface area is 187 Å². The van der Waals surface area contributed by atoms with Crippen molar-refractivity contribution >= 4 is 21.7 Å². The molecule has 1 N–H and O–H groups in total. The molecule has 0 bridgehead atoms. The van der Waals surface area contributed by atoms with Crippen LogP contribution in [-0.4, -0.2) is 50.4 Å². The van der Waals surface area contributed by atoms with Gasteiger partial charge in [0.1, 0.15) is 11.6 Å². The predicted molar refractivity (Wildman–Crippen MR) is 122 cm³/mol. The second-order valence-corrected chi connectivity index (χ2v) is 8.95. The van der Waals surface area contributed by atoms with Crippen LogP contribution >= 0.6 is 0 Å². The Bertz CT molecular complexity index is 1160. The van der Waals surface area contributed by atoms with Gasteiger partial charge in [-0.1, -0.05) is 31.4 Å². The number of nitrogens with one attached hydrogen (secondary N) is 1. The van der Waals surface area contributed by atoms with Crippen LogP contribution in [0.2, 0.25) is 0 Å². The second kappa shape index (κ2) is 9.78. The number of rotatable bonds is 7. The Morgan fingerprint density at radius 2 is 1.91 bits per heavy atom. The van der Waals surface area contributed by atoms with E-state index >= 15 is 0 Å². The lowest BCUT2D eigenvalue weighted by Crippen LogP contribution is -2.49. The summed E-state index contributed by atoms with van der Waals surface area (Å²) in [7, 11) is -4.13. The number of sulfonamides is 1. The molecule has 1 saturated heterocycles. The average molecular weight is 457 g/mol. The summed E-state index contributed by atoms with van der Waals surface area (Å²) in [4.78, 5) is 21.1. The number of aromatic nitrogens is 1. The van der Waals surface area contributed by atoms with Crippen molar-refractivity contribution in [2.24, 2.45) is 0 Å². The van der Waals surface area contributed by atoms with Gasteiger partial charge < -0.3 is 9.80 Å². The molecule has 0 spiro atoms. The number of aryl methyl sites for hydroxylation is 1. The Kier molecular flexibility index (Phi) is 7.09. The van der Waals surface area contributed by atoms with Crippen LogP contribution in [0, 0.1) is 6.92 Å². The van der Waals surface area contributed by atoms with E-state index in [1.165, 1.54) is 24.3 Å². The Morgan fingerprint density at radius 1 is 1.19 bits per heavy atom. The number of amides is 1. The van der Waals surface area contributed by atoms with E-state index in [9.17, 15) is 17.6 Å². The Hall–Kier alpha value is -3.46. The van der Waals surface area contributed by atoms with E-state index in [1.54, 1.807) is 24.1 Å². The zero-order valence-electron chi connectivity index (χ0n) is 17.8. The van der Waals surface area contributed by atoms with E-state index in [0.717, 1.165) is 5.82 Å². The molecular formula is C23H25FN4O3S. The smallest absolute Gasteiger partial charge is 0.262 e. The van der Waals surface area contributed by atoms with Gasteiger partial charge in [0, 0.05) is 37.9 Å². The first kappa shape index (κ1) is 23.2. The first-order valence-electron chi connectivity index (χ1n) is 9.99. The molecule has 1 aliphatic heterocycles. The van der Waals surface area contributed by atoms with Crippen LogP contribution in [0.15, 0.2) is 84.3 Å². The van der Waals surface area contributed by atoms with E-state index in [-0.39, 0.29) is 22.1 Å². The fourth-order valence-electron chi connectivity index (χ4n) is 3.35. The van der Waals surface area contributed by atoms with Gasteiger partial charge >= 0.3 is 0 Å². The van der Waals surface area contributed by atoms with E-state index in [2.05, 4.69) is 27.8 Å². The predicted octanol–water partition coefficient (Wildman–Crippen LogP) is 3.18. The number of carbonyl (C=O) groups excluding carboxylic acids is 1. The molecule has 0 unspecified atom stereocenters. The highest BCUT2D eigenvalue weighted by Gasteiger charge is 2.26. The maximum Gasteiger partial charge on any atom is 0.262 e. The van der Waals surface area contributed by atoms with Crippen LogP contribution in [0.4, 0.5) is 10.2 Å². The third-order valence-corrected chi connectivity index (χ3v) is 6.47. The molecule has 1 aromatic carbocycles. The second-order valence-electron chi connectivity index (χ2n) is 7.27. The molecule has 1 aromatic heterocycles. The van der Waals surface area contributed by atoms with Gasteiger partial charge in [-0.05, 0) is 42.8 Å². The fourth-order valence-corrected chi connectivity index (χ4v) is 4.46. The molecule has 0 saturated carbocycles. The monoisotopic (exact) mass is 456 g/mol. The number of anilines is 1. The number of pyridine rings is 1. The van der Waals surface area contributed by atoms with Gasteiger partial charge in [-0.2, -0.15) is 0 Å². The summed E-state index contributed by atoms with van der Waals surface area (Å²) >= 11 is 0. The normalized spacial score (nSPS) is 14.8. The number of nitrogens with zero attached hydrogens (tertiary/aromatic N) is 3. The van der Waals surface area contributed by atoms with Gasteiger partial charge in [-0.15, -0.1) is 0 Å². The summed E-state index contributed by atoms with van der Waals surface area (Å²) in [5.74, 6) is -0.340. The number of hydrogen-bond acceptors (Lipinski definition) is 5. The van der Waals surface area contributed by atoms with Crippen molar-refractivity contribution in [1.82, 2.24) is 14.6 Å². The molecule has 7 nitrogen and oxygen atoms in total. The lowest BCUT2D eigenvalue weighted by molar-refractivity contribution is 0.0745.